The Morgan fingerprint density at radius 2 is 1.85 bits per heavy atom. The van der Waals surface area contributed by atoms with Crippen molar-refractivity contribution in [2.75, 3.05) is 7.05 Å². The van der Waals surface area contributed by atoms with Crippen molar-refractivity contribution in [3.8, 4) is 11.1 Å². The van der Waals surface area contributed by atoms with E-state index in [1.807, 2.05) is 14.0 Å². The molecule has 0 aliphatic heterocycles. The van der Waals surface area contributed by atoms with Gasteiger partial charge < -0.3 is 5.32 Å². The first-order valence-electron chi connectivity index (χ1n) is 6.88. The highest BCUT2D eigenvalue weighted by atomic mass is 14.8. The quantitative estimate of drug-likeness (QED) is 0.773. The first-order chi connectivity index (χ1) is 9.78. The average Bonchev–Trinajstić information content (AvgIpc) is 2.48. The minimum absolute atomic E-state index is 0.875. The highest BCUT2D eigenvalue weighted by Gasteiger charge is 2.05. The SMILES string of the molecule is CNCc1ccccc1-c1ccc2nc(C)ccc2c1. The summed E-state index contributed by atoms with van der Waals surface area (Å²) >= 11 is 0. The molecule has 0 amide bonds. The first kappa shape index (κ1) is 12.8. The van der Waals surface area contributed by atoms with Crippen LogP contribution in [0.3, 0.4) is 0 Å². The van der Waals surface area contributed by atoms with Gasteiger partial charge in [-0.1, -0.05) is 36.4 Å². The van der Waals surface area contributed by atoms with E-state index in [0.29, 0.717) is 0 Å². The van der Waals surface area contributed by atoms with Gasteiger partial charge in [-0.15, -0.1) is 0 Å². The van der Waals surface area contributed by atoms with Gasteiger partial charge in [-0.3, -0.25) is 4.98 Å². The van der Waals surface area contributed by atoms with Crippen LogP contribution in [-0.4, -0.2) is 12.0 Å². The Morgan fingerprint density at radius 3 is 2.70 bits per heavy atom. The lowest BCUT2D eigenvalue weighted by molar-refractivity contribution is 0.819. The monoisotopic (exact) mass is 262 g/mol. The van der Waals surface area contributed by atoms with Crippen molar-refractivity contribution in [3.63, 3.8) is 0 Å². The lowest BCUT2D eigenvalue weighted by Gasteiger charge is -2.10. The van der Waals surface area contributed by atoms with Crippen LogP contribution in [-0.2, 0) is 6.54 Å². The molecule has 1 N–H and O–H groups in total. The zero-order chi connectivity index (χ0) is 13.9. The molecule has 3 aromatic rings. The van der Waals surface area contributed by atoms with Gasteiger partial charge in [-0.05, 0) is 48.9 Å². The summed E-state index contributed by atoms with van der Waals surface area (Å²) in [4.78, 5) is 4.56. The Kier molecular flexibility index (Phi) is 3.48. The van der Waals surface area contributed by atoms with E-state index in [2.05, 4.69) is 64.9 Å². The van der Waals surface area contributed by atoms with Crippen LogP contribution in [0.5, 0.6) is 0 Å². The number of nitrogens with zero attached hydrogens (tertiary/aromatic N) is 1. The molecular formula is C18H18N2. The number of nitrogens with one attached hydrogen (secondary N) is 1. The summed E-state index contributed by atoms with van der Waals surface area (Å²) < 4.78 is 0. The molecule has 1 heterocycles. The van der Waals surface area contributed by atoms with E-state index >= 15 is 0 Å². The van der Waals surface area contributed by atoms with Crippen LogP contribution in [0.25, 0.3) is 22.0 Å². The molecule has 2 heteroatoms. The van der Waals surface area contributed by atoms with Crippen LogP contribution in [0.1, 0.15) is 11.3 Å². The second-order valence-corrected chi connectivity index (χ2v) is 5.05. The molecule has 0 atom stereocenters. The number of benzene rings is 2. The molecule has 0 bridgehead atoms. The second kappa shape index (κ2) is 5.43. The summed E-state index contributed by atoms with van der Waals surface area (Å²) in [5.41, 5.74) is 5.95. The van der Waals surface area contributed by atoms with Crippen LogP contribution in [0, 0.1) is 6.92 Å². The van der Waals surface area contributed by atoms with Gasteiger partial charge in [-0.25, -0.2) is 0 Å². The minimum Gasteiger partial charge on any atom is -0.316 e. The van der Waals surface area contributed by atoms with Crippen molar-refractivity contribution in [1.29, 1.82) is 0 Å². The smallest absolute Gasteiger partial charge is 0.0705 e. The summed E-state index contributed by atoms with van der Waals surface area (Å²) in [7, 11) is 1.98. The molecule has 2 nitrogen and oxygen atoms in total. The molecule has 1 aromatic heterocycles. The number of pyridine rings is 1. The Balaban J connectivity index is 2.12. The van der Waals surface area contributed by atoms with Gasteiger partial charge in [0, 0.05) is 17.6 Å². The predicted octanol–water partition coefficient (Wildman–Crippen LogP) is 3.93. The third-order valence-corrected chi connectivity index (χ3v) is 3.52. The van der Waals surface area contributed by atoms with Crippen molar-refractivity contribution in [3.05, 3.63) is 65.9 Å². The van der Waals surface area contributed by atoms with Crippen molar-refractivity contribution >= 4 is 10.9 Å². The molecule has 0 unspecified atom stereocenters. The maximum atomic E-state index is 4.56. The maximum absolute atomic E-state index is 4.56. The summed E-state index contributed by atoms with van der Waals surface area (Å²) in [6.45, 7) is 2.90. The minimum atomic E-state index is 0.875. The lowest BCUT2D eigenvalue weighted by Crippen LogP contribution is -2.06. The van der Waals surface area contributed by atoms with Gasteiger partial charge in [0.25, 0.3) is 0 Å². The van der Waals surface area contributed by atoms with E-state index in [4.69, 9.17) is 0 Å². The Labute approximate surface area is 119 Å². The zero-order valence-corrected chi connectivity index (χ0v) is 11.9. The topological polar surface area (TPSA) is 24.9 Å². The molecule has 0 aliphatic carbocycles. The Bertz CT molecular complexity index is 747. The lowest BCUT2D eigenvalue weighted by atomic mass is 9.98. The Morgan fingerprint density at radius 1 is 1.00 bits per heavy atom. The summed E-state index contributed by atoms with van der Waals surface area (Å²) in [6.07, 6.45) is 0. The molecule has 0 aliphatic rings. The van der Waals surface area contributed by atoms with Crippen molar-refractivity contribution < 1.29 is 0 Å². The normalized spacial score (nSPS) is 10.9. The van der Waals surface area contributed by atoms with Crippen molar-refractivity contribution in [2.45, 2.75) is 13.5 Å². The summed E-state index contributed by atoms with van der Waals surface area (Å²) in [6, 6.07) is 19.2. The van der Waals surface area contributed by atoms with Crippen molar-refractivity contribution in [2.24, 2.45) is 0 Å². The van der Waals surface area contributed by atoms with E-state index < -0.39 is 0 Å². The molecule has 100 valence electrons. The van der Waals surface area contributed by atoms with Gasteiger partial charge in [0.05, 0.1) is 5.52 Å². The number of aryl methyl sites for hydroxylation is 1. The van der Waals surface area contributed by atoms with Gasteiger partial charge in [0.15, 0.2) is 0 Å². The highest BCUT2D eigenvalue weighted by molar-refractivity contribution is 5.85. The fourth-order valence-corrected chi connectivity index (χ4v) is 2.54. The van der Waals surface area contributed by atoms with E-state index in [1.165, 1.54) is 22.1 Å². The molecule has 0 spiro atoms. The molecule has 3 rings (SSSR count). The molecular weight excluding hydrogens is 244 g/mol. The van der Waals surface area contributed by atoms with E-state index in [1.54, 1.807) is 0 Å². The van der Waals surface area contributed by atoms with Crippen LogP contribution in [0.4, 0.5) is 0 Å². The standard InChI is InChI=1S/C18H18N2/c1-13-7-8-15-11-14(9-10-18(15)20-13)17-6-4-3-5-16(17)12-19-2/h3-11,19H,12H2,1-2H3. The molecule has 2 aromatic carbocycles. The van der Waals surface area contributed by atoms with Gasteiger partial charge >= 0.3 is 0 Å². The largest absolute Gasteiger partial charge is 0.316 e. The molecule has 0 saturated carbocycles. The van der Waals surface area contributed by atoms with Crippen molar-refractivity contribution in [1.82, 2.24) is 10.3 Å². The third kappa shape index (κ3) is 2.43. The molecule has 0 saturated heterocycles. The van der Waals surface area contributed by atoms with Crippen LogP contribution >= 0.6 is 0 Å². The van der Waals surface area contributed by atoms with Gasteiger partial charge in [0.1, 0.15) is 0 Å². The fraction of sp³-hybridized carbons (Fsp3) is 0.167. The van der Waals surface area contributed by atoms with Crippen LogP contribution < -0.4 is 5.32 Å². The Hall–Kier alpha value is -2.19. The fourth-order valence-electron chi connectivity index (χ4n) is 2.54. The van der Waals surface area contributed by atoms with Crippen LogP contribution in [0.2, 0.25) is 0 Å². The molecule has 20 heavy (non-hydrogen) atoms. The van der Waals surface area contributed by atoms with E-state index in [-0.39, 0.29) is 0 Å². The van der Waals surface area contributed by atoms with E-state index in [9.17, 15) is 0 Å². The van der Waals surface area contributed by atoms with Crippen LogP contribution in [0.15, 0.2) is 54.6 Å². The maximum Gasteiger partial charge on any atom is 0.0705 e. The van der Waals surface area contributed by atoms with Gasteiger partial charge in [-0.2, -0.15) is 0 Å². The molecule has 0 fully saturated rings. The van der Waals surface area contributed by atoms with Gasteiger partial charge in [0.2, 0.25) is 0 Å². The summed E-state index contributed by atoms with van der Waals surface area (Å²) in [5, 5.41) is 4.41. The number of aromatic nitrogens is 1. The number of hydrogen-bond acceptors (Lipinski definition) is 2. The average molecular weight is 262 g/mol. The number of fused-ring (bicyclic) bond motifs is 1. The summed E-state index contributed by atoms with van der Waals surface area (Å²) in [5.74, 6) is 0. The molecule has 0 radical (unpaired) electrons. The zero-order valence-electron chi connectivity index (χ0n) is 11.9. The highest BCUT2D eigenvalue weighted by Crippen LogP contribution is 2.26. The third-order valence-electron chi connectivity index (χ3n) is 3.52. The van der Waals surface area contributed by atoms with E-state index in [0.717, 1.165) is 17.8 Å². The number of hydrogen-bond donors (Lipinski definition) is 1. The predicted molar refractivity (Wildman–Crippen MR) is 84.7 cm³/mol. The first-order valence-corrected chi connectivity index (χ1v) is 6.88. The second-order valence-electron chi connectivity index (χ2n) is 5.05. The number of rotatable bonds is 3.